The van der Waals surface area contributed by atoms with E-state index in [4.69, 9.17) is 19.7 Å². The number of amides is 2. The average molecular weight is 350 g/mol. The largest absolute Gasteiger partial charge is 0.454 e. The van der Waals surface area contributed by atoms with Gasteiger partial charge in [0.25, 0.3) is 0 Å². The van der Waals surface area contributed by atoms with Gasteiger partial charge in [0, 0.05) is 32.6 Å². The number of carbonyl (C=O) groups is 2. The molecular formula is C17H22N2O6. The van der Waals surface area contributed by atoms with Crippen LogP contribution in [0.4, 0.5) is 0 Å². The van der Waals surface area contributed by atoms with E-state index in [1.807, 2.05) is 18.2 Å². The first-order valence-electron chi connectivity index (χ1n) is 8.29. The number of fused-ring (bicyclic) bond motifs is 1. The molecule has 1 aromatic carbocycles. The Kier molecular flexibility index (Phi) is 5.40. The smallest absolute Gasteiger partial charge is 0.231 e. The monoisotopic (exact) mass is 350 g/mol. The summed E-state index contributed by atoms with van der Waals surface area (Å²) in [5.74, 6) is 0.621. The fraction of sp³-hybridized carbons (Fsp3) is 0.529. The molecule has 2 aliphatic heterocycles. The van der Waals surface area contributed by atoms with E-state index in [-0.39, 0.29) is 51.3 Å². The van der Waals surface area contributed by atoms with Crippen molar-refractivity contribution in [1.29, 1.82) is 0 Å². The van der Waals surface area contributed by atoms with Gasteiger partial charge in [-0.1, -0.05) is 6.07 Å². The van der Waals surface area contributed by atoms with E-state index in [1.54, 1.807) is 4.90 Å². The molecule has 1 saturated heterocycles. The molecule has 2 amide bonds. The van der Waals surface area contributed by atoms with Crippen molar-refractivity contribution in [2.45, 2.75) is 13.0 Å². The van der Waals surface area contributed by atoms with Gasteiger partial charge in [-0.15, -0.1) is 0 Å². The van der Waals surface area contributed by atoms with Crippen LogP contribution in [0, 0.1) is 5.92 Å². The molecule has 0 spiro atoms. The molecule has 0 bridgehead atoms. The highest BCUT2D eigenvalue weighted by Crippen LogP contribution is 2.33. The van der Waals surface area contributed by atoms with Crippen molar-refractivity contribution in [3.05, 3.63) is 23.8 Å². The number of hydrogen-bond acceptors (Lipinski definition) is 6. The fourth-order valence-corrected chi connectivity index (χ4v) is 3.18. The predicted molar refractivity (Wildman–Crippen MR) is 86.8 cm³/mol. The summed E-state index contributed by atoms with van der Waals surface area (Å²) in [6.07, 6.45) is 0.150. The molecule has 3 rings (SSSR count). The van der Waals surface area contributed by atoms with Crippen molar-refractivity contribution in [2.75, 3.05) is 39.6 Å². The quantitative estimate of drug-likeness (QED) is 0.693. The SMILES string of the molecule is O=C1CC(C(=O)N(CCO)CCO)CN1Cc1ccc2c(c1)OCO2. The summed E-state index contributed by atoms with van der Waals surface area (Å²) in [5, 5.41) is 18.1. The molecule has 1 aromatic rings. The lowest BCUT2D eigenvalue weighted by atomic mass is 10.1. The highest BCUT2D eigenvalue weighted by atomic mass is 16.7. The Balaban J connectivity index is 1.63. The normalized spacial score (nSPS) is 18.7. The Morgan fingerprint density at radius 1 is 1.20 bits per heavy atom. The molecular weight excluding hydrogens is 328 g/mol. The van der Waals surface area contributed by atoms with Crippen LogP contribution in [-0.2, 0) is 16.1 Å². The summed E-state index contributed by atoms with van der Waals surface area (Å²) in [7, 11) is 0. The molecule has 8 heteroatoms. The molecule has 0 radical (unpaired) electrons. The molecule has 0 aliphatic carbocycles. The topological polar surface area (TPSA) is 99.5 Å². The zero-order chi connectivity index (χ0) is 17.8. The van der Waals surface area contributed by atoms with Crippen LogP contribution in [0.1, 0.15) is 12.0 Å². The van der Waals surface area contributed by atoms with Gasteiger partial charge < -0.3 is 29.5 Å². The van der Waals surface area contributed by atoms with E-state index in [1.165, 1.54) is 4.90 Å². The molecule has 2 heterocycles. The van der Waals surface area contributed by atoms with Gasteiger partial charge in [-0.2, -0.15) is 0 Å². The summed E-state index contributed by atoms with van der Waals surface area (Å²) in [6, 6.07) is 5.53. The van der Waals surface area contributed by atoms with Gasteiger partial charge >= 0.3 is 0 Å². The van der Waals surface area contributed by atoms with Crippen molar-refractivity contribution < 1.29 is 29.3 Å². The van der Waals surface area contributed by atoms with Crippen LogP contribution in [-0.4, -0.2) is 71.5 Å². The van der Waals surface area contributed by atoms with Crippen LogP contribution in [0.15, 0.2) is 18.2 Å². The fourth-order valence-electron chi connectivity index (χ4n) is 3.18. The van der Waals surface area contributed by atoms with Crippen molar-refractivity contribution in [1.82, 2.24) is 9.80 Å². The Morgan fingerprint density at radius 2 is 1.92 bits per heavy atom. The van der Waals surface area contributed by atoms with E-state index < -0.39 is 5.92 Å². The first-order valence-corrected chi connectivity index (χ1v) is 8.29. The van der Waals surface area contributed by atoms with Crippen molar-refractivity contribution in [3.8, 4) is 11.5 Å². The molecule has 8 nitrogen and oxygen atoms in total. The van der Waals surface area contributed by atoms with Crippen molar-refractivity contribution in [2.24, 2.45) is 5.92 Å². The van der Waals surface area contributed by atoms with Crippen LogP contribution < -0.4 is 9.47 Å². The van der Waals surface area contributed by atoms with Crippen LogP contribution in [0.25, 0.3) is 0 Å². The molecule has 1 unspecified atom stereocenters. The summed E-state index contributed by atoms with van der Waals surface area (Å²) in [5.41, 5.74) is 0.910. The number of carbonyl (C=O) groups excluding carboxylic acids is 2. The second-order valence-corrected chi connectivity index (χ2v) is 6.14. The van der Waals surface area contributed by atoms with Crippen molar-refractivity contribution in [3.63, 3.8) is 0 Å². The van der Waals surface area contributed by atoms with Crippen LogP contribution in [0.3, 0.4) is 0 Å². The van der Waals surface area contributed by atoms with E-state index in [0.717, 1.165) is 5.56 Å². The highest BCUT2D eigenvalue weighted by Gasteiger charge is 2.36. The minimum Gasteiger partial charge on any atom is -0.454 e. The van der Waals surface area contributed by atoms with Gasteiger partial charge in [0.2, 0.25) is 18.6 Å². The van der Waals surface area contributed by atoms with Crippen molar-refractivity contribution >= 4 is 11.8 Å². The number of hydrogen-bond donors (Lipinski definition) is 2. The van der Waals surface area contributed by atoms with E-state index in [2.05, 4.69) is 0 Å². The van der Waals surface area contributed by atoms with E-state index >= 15 is 0 Å². The Morgan fingerprint density at radius 3 is 2.64 bits per heavy atom. The molecule has 2 aliphatic rings. The lowest BCUT2D eigenvalue weighted by Gasteiger charge is -2.24. The molecule has 0 aromatic heterocycles. The maximum absolute atomic E-state index is 12.5. The maximum Gasteiger partial charge on any atom is 0.231 e. The molecule has 2 N–H and O–H groups in total. The van der Waals surface area contributed by atoms with Gasteiger partial charge in [-0.25, -0.2) is 0 Å². The van der Waals surface area contributed by atoms with Gasteiger partial charge in [0.05, 0.1) is 19.1 Å². The molecule has 1 atom stereocenters. The summed E-state index contributed by atoms with van der Waals surface area (Å²) < 4.78 is 10.6. The summed E-state index contributed by atoms with van der Waals surface area (Å²) in [6.45, 7) is 0.904. The van der Waals surface area contributed by atoms with Crippen LogP contribution in [0.5, 0.6) is 11.5 Å². The second-order valence-electron chi connectivity index (χ2n) is 6.14. The lowest BCUT2D eigenvalue weighted by molar-refractivity contribution is -0.136. The van der Waals surface area contributed by atoms with Gasteiger partial charge in [0.1, 0.15) is 0 Å². The summed E-state index contributed by atoms with van der Waals surface area (Å²) in [4.78, 5) is 27.8. The minimum absolute atomic E-state index is 0.0797. The molecule has 0 saturated carbocycles. The number of aliphatic hydroxyl groups is 2. The van der Waals surface area contributed by atoms with Crippen LogP contribution >= 0.6 is 0 Å². The third kappa shape index (κ3) is 3.85. The van der Waals surface area contributed by atoms with E-state index in [0.29, 0.717) is 24.6 Å². The predicted octanol–water partition coefficient (Wildman–Crippen LogP) is -0.423. The third-order valence-corrected chi connectivity index (χ3v) is 4.43. The third-order valence-electron chi connectivity index (χ3n) is 4.43. The number of likely N-dealkylation sites (tertiary alicyclic amines) is 1. The zero-order valence-electron chi connectivity index (χ0n) is 13.9. The highest BCUT2D eigenvalue weighted by molar-refractivity contribution is 5.89. The molecule has 25 heavy (non-hydrogen) atoms. The minimum atomic E-state index is -0.445. The second kappa shape index (κ2) is 7.71. The molecule has 136 valence electrons. The van der Waals surface area contributed by atoms with E-state index in [9.17, 15) is 9.59 Å². The Bertz CT molecular complexity index is 644. The maximum atomic E-state index is 12.5. The number of ether oxygens (including phenoxy) is 2. The number of rotatable bonds is 7. The first-order chi connectivity index (χ1) is 12.1. The standard InChI is InChI=1S/C17H22N2O6/c20-5-3-18(4-6-21)17(23)13-8-16(22)19(10-13)9-12-1-2-14-15(7-12)25-11-24-14/h1-2,7,13,20-21H,3-6,8-11H2. The lowest BCUT2D eigenvalue weighted by Crippen LogP contribution is -2.40. The number of nitrogens with zero attached hydrogens (tertiary/aromatic N) is 2. The van der Waals surface area contributed by atoms with Crippen LogP contribution in [0.2, 0.25) is 0 Å². The van der Waals surface area contributed by atoms with Gasteiger partial charge in [0.15, 0.2) is 11.5 Å². The molecule has 1 fully saturated rings. The Hall–Kier alpha value is -2.32. The average Bonchev–Trinajstić information content (AvgIpc) is 3.20. The first kappa shape index (κ1) is 17.5. The van der Waals surface area contributed by atoms with Gasteiger partial charge in [-0.05, 0) is 17.7 Å². The van der Waals surface area contributed by atoms with Gasteiger partial charge in [-0.3, -0.25) is 9.59 Å². The number of aliphatic hydroxyl groups excluding tert-OH is 2. The number of benzene rings is 1. The summed E-state index contributed by atoms with van der Waals surface area (Å²) >= 11 is 0. The zero-order valence-corrected chi connectivity index (χ0v) is 13.9. The Labute approximate surface area is 145 Å².